The minimum Gasteiger partial charge on any atom is -0.486 e. The van der Waals surface area contributed by atoms with Crippen molar-refractivity contribution in [2.75, 3.05) is 6.54 Å². The number of amides is 1. The Morgan fingerprint density at radius 2 is 2.00 bits per heavy atom. The van der Waals surface area contributed by atoms with Gasteiger partial charge in [-0.15, -0.1) is 5.10 Å². The van der Waals surface area contributed by atoms with Crippen LogP contribution in [-0.4, -0.2) is 32.7 Å². The van der Waals surface area contributed by atoms with Crippen molar-refractivity contribution in [3.8, 4) is 5.75 Å². The van der Waals surface area contributed by atoms with Crippen molar-refractivity contribution >= 4 is 5.91 Å². The highest BCUT2D eigenvalue weighted by molar-refractivity contribution is 5.94. The molecular formula is C20H22FN5O2. The Balaban J connectivity index is 1.49. The molecule has 1 aromatic heterocycles. The van der Waals surface area contributed by atoms with E-state index in [1.54, 1.807) is 35.0 Å². The third-order valence-corrected chi connectivity index (χ3v) is 4.12. The maximum absolute atomic E-state index is 13.2. The minimum atomic E-state index is -0.276. The molecule has 0 unspecified atom stereocenters. The normalized spacial score (nSPS) is 10.9. The predicted octanol–water partition coefficient (Wildman–Crippen LogP) is 2.94. The van der Waals surface area contributed by atoms with E-state index in [0.717, 1.165) is 5.56 Å². The first-order valence-corrected chi connectivity index (χ1v) is 9.05. The van der Waals surface area contributed by atoms with E-state index in [4.69, 9.17) is 4.74 Å². The zero-order valence-electron chi connectivity index (χ0n) is 15.8. The monoisotopic (exact) mass is 383 g/mol. The molecule has 1 heterocycles. The van der Waals surface area contributed by atoms with Crippen LogP contribution in [0, 0.1) is 5.82 Å². The molecular weight excluding hydrogens is 361 g/mol. The van der Waals surface area contributed by atoms with Gasteiger partial charge in [0, 0.05) is 12.1 Å². The first-order valence-electron chi connectivity index (χ1n) is 9.05. The SMILES string of the molecule is CC(C)n1nnnc1COc1ccc(C(=O)NCCc2cccc(F)c2)cc1. The van der Waals surface area contributed by atoms with Gasteiger partial charge in [0.05, 0.1) is 6.04 Å². The summed E-state index contributed by atoms with van der Waals surface area (Å²) in [5, 5.41) is 14.4. The van der Waals surface area contributed by atoms with Crippen LogP contribution in [0.2, 0.25) is 0 Å². The average molecular weight is 383 g/mol. The fourth-order valence-corrected chi connectivity index (χ4v) is 2.67. The van der Waals surface area contributed by atoms with E-state index in [2.05, 4.69) is 20.8 Å². The molecule has 8 heteroatoms. The van der Waals surface area contributed by atoms with Crippen LogP contribution in [0.5, 0.6) is 5.75 Å². The maximum atomic E-state index is 13.2. The van der Waals surface area contributed by atoms with Crippen LogP contribution in [0.3, 0.4) is 0 Å². The van der Waals surface area contributed by atoms with Gasteiger partial charge in [-0.25, -0.2) is 9.07 Å². The molecule has 0 saturated carbocycles. The summed E-state index contributed by atoms with van der Waals surface area (Å²) in [7, 11) is 0. The molecule has 0 saturated heterocycles. The topological polar surface area (TPSA) is 81.9 Å². The molecule has 146 valence electrons. The lowest BCUT2D eigenvalue weighted by atomic mass is 10.1. The number of nitrogens with zero attached hydrogens (tertiary/aromatic N) is 4. The first-order chi connectivity index (χ1) is 13.5. The highest BCUT2D eigenvalue weighted by Crippen LogP contribution is 2.14. The van der Waals surface area contributed by atoms with Crippen molar-refractivity contribution in [3.63, 3.8) is 0 Å². The summed E-state index contributed by atoms with van der Waals surface area (Å²) in [6, 6.07) is 13.3. The molecule has 0 bridgehead atoms. The quantitative estimate of drug-likeness (QED) is 0.647. The van der Waals surface area contributed by atoms with Crippen molar-refractivity contribution in [1.29, 1.82) is 0 Å². The van der Waals surface area contributed by atoms with Gasteiger partial charge >= 0.3 is 0 Å². The summed E-state index contributed by atoms with van der Waals surface area (Å²) < 4.78 is 20.5. The zero-order valence-corrected chi connectivity index (χ0v) is 15.8. The van der Waals surface area contributed by atoms with Gasteiger partial charge in [-0.1, -0.05) is 12.1 Å². The molecule has 0 radical (unpaired) electrons. The molecule has 3 aromatic rings. The van der Waals surface area contributed by atoms with Crippen molar-refractivity contribution < 1.29 is 13.9 Å². The number of tetrazole rings is 1. The molecule has 3 rings (SSSR count). The number of hydrogen-bond acceptors (Lipinski definition) is 5. The van der Waals surface area contributed by atoms with E-state index < -0.39 is 0 Å². The molecule has 0 aliphatic carbocycles. The molecule has 0 fully saturated rings. The van der Waals surface area contributed by atoms with Crippen LogP contribution < -0.4 is 10.1 Å². The van der Waals surface area contributed by atoms with E-state index in [9.17, 15) is 9.18 Å². The number of hydrogen-bond donors (Lipinski definition) is 1. The molecule has 0 atom stereocenters. The van der Waals surface area contributed by atoms with Crippen LogP contribution >= 0.6 is 0 Å². The summed E-state index contributed by atoms with van der Waals surface area (Å²) >= 11 is 0. The zero-order chi connectivity index (χ0) is 19.9. The van der Waals surface area contributed by atoms with Gasteiger partial charge in [0.25, 0.3) is 5.91 Å². The van der Waals surface area contributed by atoms with Gasteiger partial charge in [-0.05, 0) is 72.7 Å². The third-order valence-electron chi connectivity index (χ3n) is 4.12. The molecule has 0 spiro atoms. The Labute approximate surface area is 162 Å². The summed E-state index contributed by atoms with van der Waals surface area (Å²) in [4.78, 5) is 12.2. The fraction of sp³-hybridized carbons (Fsp3) is 0.300. The van der Waals surface area contributed by atoms with Crippen molar-refractivity contribution in [2.24, 2.45) is 0 Å². The fourth-order valence-electron chi connectivity index (χ4n) is 2.67. The predicted molar refractivity (Wildman–Crippen MR) is 101 cm³/mol. The highest BCUT2D eigenvalue weighted by Gasteiger charge is 2.10. The van der Waals surface area contributed by atoms with E-state index in [0.29, 0.717) is 30.1 Å². The Morgan fingerprint density at radius 3 is 2.71 bits per heavy atom. The van der Waals surface area contributed by atoms with Crippen LogP contribution in [-0.2, 0) is 13.0 Å². The molecule has 1 amide bonds. The number of ether oxygens (including phenoxy) is 1. The number of rotatable bonds is 8. The average Bonchev–Trinajstić information content (AvgIpc) is 3.16. The minimum absolute atomic E-state index is 0.145. The van der Waals surface area contributed by atoms with Crippen LogP contribution in [0.1, 0.15) is 41.6 Å². The number of carbonyl (C=O) groups is 1. The Morgan fingerprint density at radius 1 is 1.21 bits per heavy atom. The molecule has 28 heavy (non-hydrogen) atoms. The van der Waals surface area contributed by atoms with Gasteiger partial charge in [0.15, 0.2) is 5.82 Å². The van der Waals surface area contributed by atoms with Crippen LogP contribution in [0.25, 0.3) is 0 Å². The summed E-state index contributed by atoms with van der Waals surface area (Å²) in [5.41, 5.74) is 1.37. The van der Waals surface area contributed by atoms with E-state index >= 15 is 0 Å². The lowest BCUT2D eigenvalue weighted by Crippen LogP contribution is -2.25. The number of nitrogens with one attached hydrogen (secondary N) is 1. The van der Waals surface area contributed by atoms with E-state index in [1.807, 2.05) is 19.9 Å². The summed E-state index contributed by atoms with van der Waals surface area (Å²) in [5.74, 6) is 0.789. The number of halogens is 1. The second-order valence-corrected chi connectivity index (χ2v) is 6.58. The van der Waals surface area contributed by atoms with Crippen molar-refractivity contribution in [1.82, 2.24) is 25.5 Å². The summed E-state index contributed by atoms with van der Waals surface area (Å²) in [6.07, 6.45) is 0.565. The number of aromatic nitrogens is 4. The maximum Gasteiger partial charge on any atom is 0.251 e. The van der Waals surface area contributed by atoms with Crippen molar-refractivity contribution in [2.45, 2.75) is 32.9 Å². The second kappa shape index (κ2) is 9.07. The van der Waals surface area contributed by atoms with Gasteiger partial charge in [-0.3, -0.25) is 4.79 Å². The molecule has 0 aliphatic rings. The second-order valence-electron chi connectivity index (χ2n) is 6.58. The number of benzene rings is 2. The molecule has 7 nitrogen and oxygen atoms in total. The summed E-state index contributed by atoms with van der Waals surface area (Å²) in [6.45, 7) is 4.64. The van der Waals surface area contributed by atoms with Gasteiger partial charge in [0.1, 0.15) is 18.2 Å². The molecule has 2 aromatic carbocycles. The van der Waals surface area contributed by atoms with Gasteiger partial charge < -0.3 is 10.1 Å². The number of carbonyl (C=O) groups excluding carboxylic acids is 1. The largest absolute Gasteiger partial charge is 0.486 e. The third kappa shape index (κ3) is 5.12. The lowest BCUT2D eigenvalue weighted by Gasteiger charge is -2.10. The van der Waals surface area contributed by atoms with E-state index in [1.165, 1.54) is 12.1 Å². The standard InChI is InChI=1S/C20H22FN5O2/c1-14(2)26-19(23-24-25-26)13-28-18-8-6-16(7-9-18)20(27)22-11-10-15-4-3-5-17(21)12-15/h3-9,12,14H,10-11,13H2,1-2H3,(H,22,27). The lowest BCUT2D eigenvalue weighted by molar-refractivity contribution is 0.0954. The Kier molecular flexibility index (Phi) is 6.31. The van der Waals surface area contributed by atoms with E-state index in [-0.39, 0.29) is 24.4 Å². The smallest absolute Gasteiger partial charge is 0.251 e. The van der Waals surface area contributed by atoms with Gasteiger partial charge in [0.2, 0.25) is 0 Å². The van der Waals surface area contributed by atoms with Gasteiger partial charge in [-0.2, -0.15) is 0 Å². The van der Waals surface area contributed by atoms with Crippen LogP contribution in [0.4, 0.5) is 4.39 Å². The van der Waals surface area contributed by atoms with Crippen molar-refractivity contribution in [3.05, 3.63) is 71.3 Å². The first kappa shape index (κ1) is 19.5. The Hall–Kier alpha value is -3.29. The van der Waals surface area contributed by atoms with Crippen LogP contribution in [0.15, 0.2) is 48.5 Å². The Bertz CT molecular complexity index is 924. The molecule has 1 N–H and O–H groups in total. The molecule has 0 aliphatic heterocycles. The highest BCUT2D eigenvalue weighted by atomic mass is 19.1.